The summed E-state index contributed by atoms with van der Waals surface area (Å²) in [5.41, 5.74) is 1.68. The fourth-order valence-corrected chi connectivity index (χ4v) is 4.32. The quantitative estimate of drug-likeness (QED) is 0.437. The van der Waals surface area contributed by atoms with Crippen molar-refractivity contribution in [1.82, 2.24) is 16.1 Å². The highest BCUT2D eigenvalue weighted by Gasteiger charge is 2.56. The van der Waals surface area contributed by atoms with Gasteiger partial charge >= 0.3 is 0 Å². The van der Waals surface area contributed by atoms with Crippen molar-refractivity contribution in [3.05, 3.63) is 0 Å². The molecule has 1 saturated carbocycles. The van der Waals surface area contributed by atoms with Crippen LogP contribution in [0.4, 0.5) is 0 Å². The molecule has 6 heteroatoms. The highest BCUT2D eigenvalue weighted by molar-refractivity contribution is 5.98. The minimum absolute atomic E-state index is 0.113. The molecule has 0 bridgehead atoms. The number of hydroxylamine groups is 1. The van der Waals surface area contributed by atoms with Crippen molar-refractivity contribution < 1.29 is 14.8 Å². The first kappa shape index (κ1) is 17.4. The van der Waals surface area contributed by atoms with E-state index in [1.54, 1.807) is 6.92 Å². The highest BCUT2D eigenvalue weighted by Crippen LogP contribution is 2.52. The Morgan fingerprint density at radius 2 is 2.18 bits per heavy atom. The van der Waals surface area contributed by atoms with Gasteiger partial charge in [-0.25, -0.2) is 5.48 Å². The largest absolute Gasteiger partial charge is 0.317 e. The number of hydrogen-bond donors (Lipinski definition) is 4. The molecule has 1 aliphatic carbocycles. The fourth-order valence-electron chi connectivity index (χ4n) is 4.32. The maximum atomic E-state index is 12.8. The van der Waals surface area contributed by atoms with Gasteiger partial charge in [0.15, 0.2) is 0 Å². The third-order valence-electron chi connectivity index (χ3n) is 5.65. The molecule has 4 N–H and O–H groups in total. The smallest absolute Gasteiger partial charge is 0.233 e. The topological polar surface area (TPSA) is 90.5 Å². The van der Waals surface area contributed by atoms with Gasteiger partial charge in [-0.2, -0.15) is 0 Å². The summed E-state index contributed by atoms with van der Waals surface area (Å²) in [4.78, 5) is 24.5. The van der Waals surface area contributed by atoms with Crippen LogP contribution in [0.3, 0.4) is 0 Å². The van der Waals surface area contributed by atoms with Gasteiger partial charge in [0.1, 0.15) is 0 Å². The summed E-state index contributed by atoms with van der Waals surface area (Å²) in [6.45, 7) is 5.33. The lowest BCUT2D eigenvalue weighted by atomic mass is 9.69. The van der Waals surface area contributed by atoms with Crippen LogP contribution in [-0.2, 0) is 9.59 Å². The molecule has 0 radical (unpaired) electrons. The average Bonchev–Trinajstić information content (AvgIpc) is 2.82. The highest BCUT2D eigenvalue weighted by atomic mass is 16.5. The molecule has 0 aromatic rings. The van der Waals surface area contributed by atoms with Gasteiger partial charge < -0.3 is 10.5 Å². The van der Waals surface area contributed by atoms with Crippen LogP contribution >= 0.6 is 0 Å². The Labute approximate surface area is 132 Å². The zero-order valence-corrected chi connectivity index (χ0v) is 13.7. The molecule has 2 rings (SSSR count). The first-order valence-corrected chi connectivity index (χ1v) is 8.48. The number of amides is 2. The average molecular weight is 311 g/mol. The lowest BCUT2D eigenvalue weighted by molar-refractivity contribution is -0.140. The van der Waals surface area contributed by atoms with Gasteiger partial charge in [0.2, 0.25) is 11.8 Å². The van der Waals surface area contributed by atoms with E-state index in [0.717, 1.165) is 38.6 Å². The van der Waals surface area contributed by atoms with Crippen molar-refractivity contribution in [2.24, 2.45) is 17.3 Å². The Kier molecular flexibility index (Phi) is 5.94. The Morgan fingerprint density at radius 3 is 2.86 bits per heavy atom. The van der Waals surface area contributed by atoms with Crippen LogP contribution in [0.2, 0.25) is 0 Å². The Hall–Kier alpha value is -0.980. The molecule has 6 nitrogen and oxygen atoms in total. The van der Waals surface area contributed by atoms with Crippen LogP contribution in [0.1, 0.15) is 52.4 Å². The summed E-state index contributed by atoms with van der Waals surface area (Å²) < 4.78 is 0. The number of rotatable bonds is 6. The second-order valence-electron chi connectivity index (χ2n) is 6.81. The maximum Gasteiger partial charge on any atom is 0.233 e. The molecule has 4 unspecified atom stereocenters. The van der Waals surface area contributed by atoms with Crippen LogP contribution in [0, 0.1) is 17.3 Å². The zero-order valence-electron chi connectivity index (χ0n) is 13.7. The third-order valence-corrected chi connectivity index (χ3v) is 5.65. The lowest BCUT2D eigenvalue weighted by Gasteiger charge is -2.38. The molecule has 22 heavy (non-hydrogen) atoms. The molecule has 0 aromatic heterocycles. The molecule has 0 spiro atoms. The summed E-state index contributed by atoms with van der Waals surface area (Å²) in [6, 6.07) is 0.369. The van der Waals surface area contributed by atoms with E-state index >= 15 is 0 Å². The van der Waals surface area contributed by atoms with Crippen molar-refractivity contribution in [3.8, 4) is 0 Å². The van der Waals surface area contributed by atoms with E-state index in [0.29, 0.717) is 19.0 Å². The number of piperidine rings is 1. The normalized spacial score (nSPS) is 34.2. The molecular weight excluding hydrogens is 282 g/mol. The van der Waals surface area contributed by atoms with Gasteiger partial charge in [-0.1, -0.05) is 13.8 Å². The Morgan fingerprint density at radius 1 is 1.41 bits per heavy atom. The summed E-state index contributed by atoms with van der Waals surface area (Å²) in [5.74, 6) is 0.218. The van der Waals surface area contributed by atoms with E-state index in [4.69, 9.17) is 5.21 Å². The molecule has 2 aliphatic rings. The monoisotopic (exact) mass is 311 g/mol. The van der Waals surface area contributed by atoms with Gasteiger partial charge in [-0.05, 0) is 50.5 Å². The molecular formula is C16H29N3O3. The third kappa shape index (κ3) is 3.34. The molecule has 0 aromatic carbocycles. The molecule has 4 atom stereocenters. The van der Waals surface area contributed by atoms with Gasteiger partial charge in [0.25, 0.3) is 0 Å². The number of hydrogen-bond acceptors (Lipinski definition) is 5. The van der Waals surface area contributed by atoms with Crippen molar-refractivity contribution >= 4 is 11.8 Å². The van der Waals surface area contributed by atoms with Crippen LogP contribution < -0.4 is 16.1 Å². The number of carbonyl (C=O) groups is 2. The minimum Gasteiger partial charge on any atom is -0.317 e. The Balaban J connectivity index is 2.15. The number of imide groups is 1. The van der Waals surface area contributed by atoms with Gasteiger partial charge in [0.05, 0.1) is 5.41 Å². The minimum atomic E-state index is -0.502. The fraction of sp³-hybridized carbons (Fsp3) is 0.875. The predicted octanol–water partition coefficient (Wildman–Crippen LogP) is 1.19. The number of fused-ring (bicyclic) bond motifs is 1. The summed E-state index contributed by atoms with van der Waals surface area (Å²) in [5, 5.41) is 14.9. The van der Waals surface area contributed by atoms with E-state index in [1.165, 1.54) is 0 Å². The summed E-state index contributed by atoms with van der Waals surface area (Å²) in [7, 11) is 0. The van der Waals surface area contributed by atoms with Crippen molar-refractivity contribution in [2.45, 2.75) is 58.4 Å². The SMILES string of the molecule is CCC(=O)NC(=O)C1(C)C(CCCNO)CC2NCCCC21. The van der Waals surface area contributed by atoms with E-state index in [-0.39, 0.29) is 23.7 Å². The van der Waals surface area contributed by atoms with E-state index < -0.39 is 5.41 Å². The predicted molar refractivity (Wildman–Crippen MR) is 83.2 cm³/mol. The molecule has 1 saturated heterocycles. The van der Waals surface area contributed by atoms with Crippen molar-refractivity contribution in [3.63, 3.8) is 0 Å². The van der Waals surface area contributed by atoms with Crippen molar-refractivity contribution in [1.29, 1.82) is 0 Å². The van der Waals surface area contributed by atoms with E-state index in [9.17, 15) is 9.59 Å². The van der Waals surface area contributed by atoms with Gasteiger partial charge in [-0.3, -0.25) is 14.9 Å². The second-order valence-corrected chi connectivity index (χ2v) is 6.81. The second kappa shape index (κ2) is 7.53. The first-order valence-electron chi connectivity index (χ1n) is 8.48. The van der Waals surface area contributed by atoms with Gasteiger partial charge in [0, 0.05) is 19.0 Å². The molecule has 2 amide bonds. The molecule has 1 heterocycles. The van der Waals surface area contributed by atoms with Crippen LogP contribution in [0.5, 0.6) is 0 Å². The van der Waals surface area contributed by atoms with Crippen LogP contribution in [-0.4, -0.2) is 36.2 Å². The lowest BCUT2D eigenvalue weighted by Crippen LogP contribution is -2.51. The molecule has 126 valence electrons. The summed E-state index contributed by atoms with van der Waals surface area (Å²) in [6.07, 6.45) is 5.12. The Bertz CT molecular complexity index is 415. The number of carbonyl (C=O) groups excluding carboxylic acids is 2. The van der Waals surface area contributed by atoms with Crippen LogP contribution in [0.15, 0.2) is 0 Å². The van der Waals surface area contributed by atoms with E-state index in [1.807, 2.05) is 6.92 Å². The standard InChI is InChI=1S/C16H29N3O3/c1-3-14(20)19-15(21)16(2)11(6-4-9-18-22)10-13-12(16)7-5-8-17-13/h11-13,17-18,22H,3-10H2,1-2H3,(H,19,20,21). The van der Waals surface area contributed by atoms with E-state index in [2.05, 4.69) is 16.1 Å². The maximum absolute atomic E-state index is 12.8. The van der Waals surface area contributed by atoms with Gasteiger partial charge in [-0.15, -0.1) is 0 Å². The molecule has 1 aliphatic heterocycles. The first-order chi connectivity index (χ1) is 10.5. The molecule has 2 fully saturated rings. The van der Waals surface area contributed by atoms with Crippen molar-refractivity contribution in [2.75, 3.05) is 13.1 Å². The zero-order chi connectivity index (χ0) is 16.2. The number of nitrogens with one attached hydrogen (secondary N) is 3. The summed E-state index contributed by atoms with van der Waals surface area (Å²) >= 11 is 0. The van der Waals surface area contributed by atoms with Crippen LogP contribution in [0.25, 0.3) is 0 Å².